The topological polar surface area (TPSA) is 88.5 Å². The Bertz CT molecular complexity index is 687. The number of nitrogens with zero attached hydrogens (tertiary/aromatic N) is 1. The Morgan fingerprint density at radius 2 is 2.24 bits per heavy atom. The number of amides is 1. The van der Waals surface area contributed by atoms with Crippen molar-refractivity contribution in [3.63, 3.8) is 0 Å². The molecule has 0 bridgehead atoms. The molecule has 21 heavy (non-hydrogen) atoms. The molecule has 0 saturated heterocycles. The zero-order chi connectivity index (χ0) is 15.4. The van der Waals surface area contributed by atoms with Crippen molar-refractivity contribution in [3.05, 3.63) is 41.3 Å². The van der Waals surface area contributed by atoms with Gasteiger partial charge in [-0.25, -0.2) is 9.18 Å². The number of rotatable bonds is 5. The number of hydrogen-bond acceptors (Lipinski definition) is 5. The van der Waals surface area contributed by atoms with Crippen LogP contribution in [0.15, 0.2) is 24.3 Å². The fourth-order valence-corrected chi connectivity index (χ4v) is 2.38. The monoisotopic (exact) mass is 310 g/mol. The first-order valence-electron chi connectivity index (χ1n) is 5.85. The summed E-state index contributed by atoms with van der Waals surface area (Å²) >= 11 is 0.879. The lowest BCUT2D eigenvalue weighted by atomic mass is 10.2. The minimum atomic E-state index is -1.16. The summed E-state index contributed by atoms with van der Waals surface area (Å²) in [6, 6.07) is 5.37. The summed E-state index contributed by atoms with van der Waals surface area (Å²) in [6.07, 6.45) is 0. The van der Waals surface area contributed by atoms with Crippen LogP contribution in [0.3, 0.4) is 0 Å². The van der Waals surface area contributed by atoms with Gasteiger partial charge in [0.25, 0.3) is 5.91 Å². The molecule has 0 aliphatic rings. The van der Waals surface area contributed by atoms with Crippen molar-refractivity contribution >= 4 is 28.4 Å². The van der Waals surface area contributed by atoms with Gasteiger partial charge in [0.1, 0.15) is 22.1 Å². The molecule has 0 aliphatic carbocycles. The molecule has 0 aliphatic heterocycles. The van der Waals surface area contributed by atoms with Gasteiger partial charge in [-0.05, 0) is 30.6 Å². The number of anilines is 1. The third-order valence-corrected chi connectivity index (χ3v) is 3.35. The molecule has 0 saturated carbocycles. The molecule has 2 N–H and O–H groups in total. The molecule has 2 rings (SSSR count). The molecule has 0 radical (unpaired) electrons. The second-order valence-electron chi connectivity index (χ2n) is 4.07. The SMILES string of the molecule is Cc1nsc(NC(=O)COc2cccc(F)c2)c1C(=O)O. The zero-order valence-corrected chi connectivity index (χ0v) is 11.7. The minimum absolute atomic E-state index is 0.0425. The van der Waals surface area contributed by atoms with Crippen LogP contribution in [-0.4, -0.2) is 28.0 Å². The summed E-state index contributed by atoms with van der Waals surface area (Å²) in [4.78, 5) is 22.8. The zero-order valence-electron chi connectivity index (χ0n) is 10.9. The van der Waals surface area contributed by atoms with Gasteiger partial charge in [0.05, 0.1) is 5.69 Å². The average Bonchev–Trinajstić information content (AvgIpc) is 2.77. The van der Waals surface area contributed by atoms with E-state index in [4.69, 9.17) is 9.84 Å². The minimum Gasteiger partial charge on any atom is -0.484 e. The lowest BCUT2D eigenvalue weighted by Crippen LogP contribution is -2.20. The standard InChI is InChI=1S/C13H11FN2O4S/c1-7-11(13(18)19)12(21-16-7)15-10(17)6-20-9-4-2-3-8(14)5-9/h2-5H,6H2,1H3,(H,15,17)(H,18,19). The van der Waals surface area contributed by atoms with Gasteiger partial charge in [-0.3, -0.25) is 4.79 Å². The Hall–Kier alpha value is -2.48. The van der Waals surface area contributed by atoms with Crippen LogP contribution in [0, 0.1) is 12.7 Å². The highest BCUT2D eigenvalue weighted by molar-refractivity contribution is 7.11. The van der Waals surface area contributed by atoms with E-state index in [-0.39, 0.29) is 22.9 Å². The van der Waals surface area contributed by atoms with Crippen LogP contribution in [0.4, 0.5) is 9.39 Å². The van der Waals surface area contributed by atoms with Crippen LogP contribution in [0.5, 0.6) is 5.75 Å². The van der Waals surface area contributed by atoms with Gasteiger partial charge in [0, 0.05) is 6.07 Å². The van der Waals surface area contributed by atoms with Crippen molar-refractivity contribution in [2.75, 3.05) is 11.9 Å². The van der Waals surface area contributed by atoms with Gasteiger partial charge in [-0.2, -0.15) is 4.37 Å². The van der Waals surface area contributed by atoms with E-state index in [1.54, 1.807) is 6.92 Å². The maximum Gasteiger partial charge on any atom is 0.340 e. The Balaban J connectivity index is 1.98. The fourth-order valence-electron chi connectivity index (χ4n) is 1.58. The largest absolute Gasteiger partial charge is 0.484 e. The van der Waals surface area contributed by atoms with E-state index in [2.05, 4.69) is 9.69 Å². The highest BCUT2D eigenvalue weighted by Gasteiger charge is 2.19. The van der Waals surface area contributed by atoms with E-state index in [0.29, 0.717) is 5.69 Å². The van der Waals surface area contributed by atoms with Crippen molar-refractivity contribution in [1.82, 2.24) is 4.37 Å². The molecular weight excluding hydrogens is 299 g/mol. The molecule has 8 heteroatoms. The first-order valence-corrected chi connectivity index (χ1v) is 6.62. The van der Waals surface area contributed by atoms with Gasteiger partial charge in [-0.15, -0.1) is 0 Å². The molecule has 0 atom stereocenters. The molecule has 1 aromatic carbocycles. The molecule has 1 aromatic heterocycles. The highest BCUT2D eigenvalue weighted by atomic mass is 32.1. The summed E-state index contributed by atoms with van der Waals surface area (Å²) in [7, 11) is 0. The predicted octanol–water partition coefficient (Wildman–Crippen LogP) is 2.31. The number of benzene rings is 1. The Morgan fingerprint density at radius 1 is 1.48 bits per heavy atom. The molecule has 110 valence electrons. The lowest BCUT2D eigenvalue weighted by Gasteiger charge is -2.06. The number of aryl methyl sites for hydroxylation is 1. The summed E-state index contributed by atoms with van der Waals surface area (Å²) in [5, 5.41) is 11.6. The third-order valence-electron chi connectivity index (χ3n) is 2.50. The molecule has 0 fully saturated rings. The summed E-state index contributed by atoms with van der Waals surface area (Å²) in [5.74, 6) is -1.98. The summed E-state index contributed by atoms with van der Waals surface area (Å²) in [6.45, 7) is 1.18. The van der Waals surface area contributed by atoms with E-state index in [0.717, 1.165) is 17.6 Å². The number of nitrogens with one attached hydrogen (secondary N) is 1. The lowest BCUT2D eigenvalue weighted by molar-refractivity contribution is -0.118. The maximum atomic E-state index is 12.9. The van der Waals surface area contributed by atoms with Crippen molar-refractivity contribution in [3.8, 4) is 5.75 Å². The molecule has 1 amide bonds. The van der Waals surface area contributed by atoms with Gasteiger partial charge in [-0.1, -0.05) is 6.07 Å². The Morgan fingerprint density at radius 3 is 2.90 bits per heavy atom. The molecule has 1 heterocycles. The van der Waals surface area contributed by atoms with Gasteiger partial charge in [0.2, 0.25) is 0 Å². The second-order valence-corrected chi connectivity index (χ2v) is 4.84. The number of carbonyl (C=O) groups is 2. The normalized spacial score (nSPS) is 10.2. The number of halogens is 1. The fraction of sp³-hybridized carbons (Fsp3) is 0.154. The number of aromatic nitrogens is 1. The van der Waals surface area contributed by atoms with Gasteiger partial charge in [0.15, 0.2) is 6.61 Å². The predicted molar refractivity (Wildman–Crippen MR) is 74.3 cm³/mol. The summed E-state index contributed by atoms with van der Waals surface area (Å²) in [5.41, 5.74) is 0.285. The molecule has 6 nitrogen and oxygen atoms in total. The number of carboxylic acid groups (broad SMARTS) is 1. The average molecular weight is 310 g/mol. The van der Waals surface area contributed by atoms with Crippen LogP contribution < -0.4 is 10.1 Å². The maximum absolute atomic E-state index is 12.9. The molecule has 0 unspecified atom stereocenters. The Labute approximate surface area is 123 Å². The highest BCUT2D eigenvalue weighted by Crippen LogP contribution is 2.24. The number of carbonyl (C=O) groups excluding carboxylic acids is 1. The third kappa shape index (κ3) is 3.76. The van der Waals surface area contributed by atoms with Crippen LogP contribution in [0.25, 0.3) is 0 Å². The number of aromatic carboxylic acids is 1. The van der Waals surface area contributed by atoms with E-state index >= 15 is 0 Å². The first-order chi connectivity index (χ1) is 9.97. The van der Waals surface area contributed by atoms with Crippen molar-refractivity contribution in [2.45, 2.75) is 6.92 Å². The Kier molecular flexibility index (Phi) is 4.49. The number of hydrogen-bond donors (Lipinski definition) is 2. The molecule has 2 aromatic rings. The van der Waals surface area contributed by atoms with E-state index in [9.17, 15) is 14.0 Å². The smallest absolute Gasteiger partial charge is 0.340 e. The van der Waals surface area contributed by atoms with E-state index in [1.165, 1.54) is 18.2 Å². The van der Waals surface area contributed by atoms with Crippen LogP contribution in [0.1, 0.15) is 16.1 Å². The number of ether oxygens (including phenoxy) is 1. The second kappa shape index (κ2) is 6.31. The van der Waals surface area contributed by atoms with Crippen molar-refractivity contribution in [1.29, 1.82) is 0 Å². The van der Waals surface area contributed by atoms with Crippen molar-refractivity contribution < 1.29 is 23.8 Å². The van der Waals surface area contributed by atoms with Gasteiger partial charge >= 0.3 is 5.97 Å². The quantitative estimate of drug-likeness (QED) is 0.884. The van der Waals surface area contributed by atoms with Gasteiger partial charge < -0.3 is 15.2 Å². The first kappa shape index (κ1) is 14.9. The number of carboxylic acids is 1. The van der Waals surface area contributed by atoms with Crippen LogP contribution in [0.2, 0.25) is 0 Å². The summed E-state index contributed by atoms with van der Waals surface area (Å²) < 4.78 is 21.9. The molecule has 0 spiro atoms. The van der Waals surface area contributed by atoms with Crippen molar-refractivity contribution in [2.24, 2.45) is 0 Å². The van der Waals surface area contributed by atoms with Crippen LogP contribution >= 0.6 is 11.5 Å². The van der Waals surface area contributed by atoms with Crippen LogP contribution in [-0.2, 0) is 4.79 Å². The molecular formula is C13H11FN2O4S. The van der Waals surface area contributed by atoms with E-state index in [1.807, 2.05) is 0 Å². The van der Waals surface area contributed by atoms with E-state index < -0.39 is 17.7 Å².